The maximum absolute atomic E-state index is 5.72. The largest absolute Gasteiger partial charge is 1.00 e. The molecule has 1 aliphatic heterocycles. The Hall–Kier alpha value is -2.68. The zero-order chi connectivity index (χ0) is 20.9. The van der Waals surface area contributed by atoms with Gasteiger partial charge in [0.15, 0.2) is 5.82 Å². The number of benzene rings is 2. The lowest BCUT2D eigenvalue weighted by Crippen LogP contribution is -3.00. The lowest BCUT2D eigenvalue weighted by molar-refractivity contribution is -0.00000692. The smallest absolute Gasteiger partial charge is 0.173 e. The zero-order valence-corrected chi connectivity index (χ0v) is 18.9. The fourth-order valence-electron chi connectivity index (χ4n) is 3.91. The second-order valence-electron chi connectivity index (χ2n) is 7.53. The van der Waals surface area contributed by atoms with Crippen LogP contribution in [-0.2, 0) is 6.54 Å². The first-order valence-electron chi connectivity index (χ1n) is 10.1. The monoisotopic (exact) mass is 443 g/mol. The molecule has 1 unspecified atom stereocenters. The topological polar surface area (TPSA) is 68.5 Å². The summed E-state index contributed by atoms with van der Waals surface area (Å²) in [5.41, 5.74) is 2.16. The summed E-state index contributed by atoms with van der Waals surface area (Å²) in [4.78, 5) is 4.76. The van der Waals surface area contributed by atoms with Gasteiger partial charge < -0.3 is 26.8 Å². The van der Waals surface area contributed by atoms with Gasteiger partial charge in [-0.05, 0) is 41.2 Å². The number of ether oxygens (including phenoxy) is 2. The van der Waals surface area contributed by atoms with Crippen molar-refractivity contribution in [2.75, 3.05) is 47.4 Å². The minimum atomic E-state index is -0.137. The number of halogens is 1. The van der Waals surface area contributed by atoms with Gasteiger partial charge in [-0.25, -0.2) is 4.68 Å². The maximum Gasteiger partial charge on any atom is 0.173 e. The summed E-state index contributed by atoms with van der Waals surface area (Å²) in [5.74, 6) is 2.39. The van der Waals surface area contributed by atoms with Crippen molar-refractivity contribution in [3.8, 4) is 11.5 Å². The van der Waals surface area contributed by atoms with Crippen LogP contribution in [-0.4, -0.2) is 77.5 Å². The molecule has 2 heterocycles. The number of piperazine rings is 1. The number of tetrazole rings is 1. The molecule has 166 valence electrons. The first kappa shape index (κ1) is 23.0. The highest BCUT2D eigenvalue weighted by molar-refractivity contribution is 5.44. The molecule has 1 saturated heterocycles. The van der Waals surface area contributed by atoms with Gasteiger partial charge in [-0.3, -0.25) is 4.90 Å². The van der Waals surface area contributed by atoms with Crippen molar-refractivity contribution in [2.45, 2.75) is 12.6 Å². The molecular weight excluding hydrogens is 416 g/mol. The summed E-state index contributed by atoms with van der Waals surface area (Å²) in [6.07, 6.45) is 0. The Morgan fingerprint density at radius 2 is 1.71 bits per heavy atom. The summed E-state index contributed by atoms with van der Waals surface area (Å²) >= 11 is 0. The lowest BCUT2D eigenvalue weighted by Gasteiger charge is -2.37. The third kappa shape index (κ3) is 5.15. The van der Waals surface area contributed by atoms with Gasteiger partial charge in [0.25, 0.3) is 0 Å². The summed E-state index contributed by atoms with van der Waals surface area (Å²) in [5, 5.41) is 12.8. The highest BCUT2D eigenvalue weighted by atomic mass is 35.5. The average Bonchev–Trinajstić information content (AvgIpc) is 3.23. The Bertz CT molecular complexity index is 960. The summed E-state index contributed by atoms with van der Waals surface area (Å²) in [7, 11) is 5.52. The number of hydrogen-bond acceptors (Lipinski definition) is 7. The molecule has 31 heavy (non-hydrogen) atoms. The number of rotatable bonds is 7. The molecule has 0 radical (unpaired) electrons. The molecule has 8 nitrogen and oxygen atoms in total. The molecule has 1 aromatic heterocycles. The van der Waals surface area contributed by atoms with Gasteiger partial charge in [-0.15, -0.1) is 5.10 Å². The van der Waals surface area contributed by atoms with Crippen molar-refractivity contribution in [2.24, 2.45) is 0 Å². The molecule has 0 N–H and O–H groups in total. The van der Waals surface area contributed by atoms with Gasteiger partial charge >= 0.3 is 0 Å². The Balaban J connectivity index is 0.00000272. The van der Waals surface area contributed by atoms with Crippen LogP contribution in [0.1, 0.15) is 23.0 Å². The van der Waals surface area contributed by atoms with Gasteiger partial charge in [0.1, 0.15) is 17.5 Å². The molecule has 4 rings (SSSR count). The molecule has 1 fully saturated rings. The third-order valence-corrected chi connectivity index (χ3v) is 5.61. The van der Waals surface area contributed by atoms with E-state index in [-0.39, 0.29) is 18.4 Å². The number of nitrogens with zero attached hydrogens (tertiary/aromatic N) is 6. The molecule has 0 bridgehead atoms. The fourth-order valence-corrected chi connectivity index (χ4v) is 3.91. The van der Waals surface area contributed by atoms with Crippen LogP contribution in [0.5, 0.6) is 11.5 Å². The van der Waals surface area contributed by atoms with E-state index in [2.05, 4.69) is 44.5 Å². The number of methoxy groups -OCH3 is 2. The van der Waals surface area contributed by atoms with Crippen LogP contribution in [0, 0.1) is 0 Å². The zero-order valence-electron chi connectivity index (χ0n) is 18.1. The molecule has 1 atom stereocenters. The van der Waals surface area contributed by atoms with Gasteiger partial charge in [0.05, 0.1) is 20.8 Å². The van der Waals surface area contributed by atoms with Gasteiger partial charge in [0.2, 0.25) is 0 Å². The van der Waals surface area contributed by atoms with E-state index in [0.717, 1.165) is 54.6 Å². The van der Waals surface area contributed by atoms with E-state index in [1.807, 2.05) is 41.1 Å². The molecular formula is C22H28ClN6O2-. The maximum atomic E-state index is 5.72. The molecule has 2 aromatic carbocycles. The molecule has 0 amide bonds. The van der Waals surface area contributed by atoms with Crippen molar-refractivity contribution in [1.29, 1.82) is 0 Å². The highest BCUT2D eigenvalue weighted by Crippen LogP contribution is 2.36. The minimum absolute atomic E-state index is 0. The molecule has 0 saturated carbocycles. The average molecular weight is 444 g/mol. The summed E-state index contributed by atoms with van der Waals surface area (Å²) in [6, 6.07) is 16.0. The summed E-state index contributed by atoms with van der Waals surface area (Å²) in [6.45, 7) is 4.42. The van der Waals surface area contributed by atoms with E-state index in [9.17, 15) is 0 Å². The minimum Gasteiger partial charge on any atom is -1.00 e. The second kappa shape index (κ2) is 10.6. The molecule has 0 aliphatic carbocycles. The van der Waals surface area contributed by atoms with E-state index in [4.69, 9.17) is 9.47 Å². The molecule has 1 aliphatic rings. The SMILES string of the molecule is COc1ccc(OC)c(C(c2nnnn2Cc2ccccc2)N2CCN(C)CC2)c1.[Cl-]. The van der Waals surface area contributed by atoms with Crippen molar-refractivity contribution in [1.82, 2.24) is 30.0 Å². The van der Waals surface area contributed by atoms with E-state index in [1.165, 1.54) is 0 Å². The highest BCUT2D eigenvalue weighted by Gasteiger charge is 2.32. The van der Waals surface area contributed by atoms with Crippen molar-refractivity contribution in [3.63, 3.8) is 0 Å². The normalized spacial score (nSPS) is 15.8. The van der Waals surface area contributed by atoms with Crippen LogP contribution in [0.4, 0.5) is 0 Å². The number of aromatic nitrogens is 4. The molecule has 9 heteroatoms. The van der Waals surface area contributed by atoms with E-state index in [0.29, 0.717) is 6.54 Å². The van der Waals surface area contributed by atoms with Crippen molar-refractivity contribution in [3.05, 3.63) is 65.5 Å². The molecule has 0 spiro atoms. The quantitative estimate of drug-likeness (QED) is 0.468. The standard InChI is InChI=1S/C22H28N6O2.ClH/c1-26-11-13-27(14-12-26)21(19-15-18(29-2)9-10-20(19)30-3)22-23-24-25-28(22)16-17-7-5-4-6-8-17;/h4-10,15,21H,11-14,16H2,1-3H3;1H/p-1. The van der Waals surface area contributed by atoms with E-state index in [1.54, 1.807) is 14.2 Å². The lowest BCUT2D eigenvalue weighted by atomic mass is 10.0. The van der Waals surface area contributed by atoms with Crippen molar-refractivity contribution >= 4 is 0 Å². The van der Waals surface area contributed by atoms with Crippen molar-refractivity contribution < 1.29 is 21.9 Å². The summed E-state index contributed by atoms with van der Waals surface area (Å²) < 4.78 is 13.1. The second-order valence-corrected chi connectivity index (χ2v) is 7.53. The van der Waals surface area contributed by atoms with Crippen LogP contribution in [0.2, 0.25) is 0 Å². The van der Waals surface area contributed by atoms with Crippen LogP contribution in [0.25, 0.3) is 0 Å². The van der Waals surface area contributed by atoms with Gasteiger partial charge in [0, 0.05) is 31.7 Å². The Kier molecular flexibility index (Phi) is 7.84. The Morgan fingerprint density at radius 1 is 0.968 bits per heavy atom. The number of likely N-dealkylation sites (N-methyl/N-ethyl adjacent to an activating group) is 1. The first-order chi connectivity index (χ1) is 14.7. The van der Waals surface area contributed by atoms with Crippen LogP contribution in [0.3, 0.4) is 0 Å². The van der Waals surface area contributed by atoms with Crippen LogP contribution in [0.15, 0.2) is 48.5 Å². The number of hydrogen-bond donors (Lipinski definition) is 0. The fraction of sp³-hybridized carbons (Fsp3) is 0.409. The van der Waals surface area contributed by atoms with E-state index >= 15 is 0 Å². The van der Waals surface area contributed by atoms with Gasteiger partial charge in [-0.2, -0.15) is 0 Å². The Labute approximate surface area is 189 Å². The van der Waals surface area contributed by atoms with Crippen LogP contribution >= 0.6 is 0 Å². The predicted octanol–water partition coefficient (Wildman–Crippen LogP) is -0.921. The van der Waals surface area contributed by atoms with E-state index < -0.39 is 0 Å². The first-order valence-corrected chi connectivity index (χ1v) is 10.1. The van der Waals surface area contributed by atoms with Gasteiger partial charge in [-0.1, -0.05) is 30.3 Å². The third-order valence-electron chi connectivity index (χ3n) is 5.61. The molecule has 3 aromatic rings. The predicted molar refractivity (Wildman–Crippen MR) is 114 cm³/mol. The Morgan fingerprint density at radius 3 is 2.39 bits per heavy atom. The van der Waals surface area contributed by atoms with Crippen LogP contribution < -0.4 is 21.9 Å².